The summed E-state index contributed by atoms with van der Waals surface area (Å²) in [5.41, 5.74) is 1.25. The molecule has 2 nitrogen and oxygen atoms in total. The molecule has 1 aromatic rings. The Morgan fingerprint density at radius 2 is 1.88 bits per heavy atom. The molecule has 1 aliphatic heterocycles. The van der Waals surface area contributed by atoms with Gasteiger partial charge in [-0.25, -0.2) is 0 Å². The number of carbonyl (C=O) groups is 1. The van der Waals surface area contributed by atoms with Crippen LogP contribution in [0.3, 0.4) is 0 Å². The standard InChI is InChI=1S/C15H21NO/c1-11-10-14(13-8-6-5-7-9-13)15(3,4)16(11)12(2)17/h5-9,11,14H,10H2,1-4H3/t11-,14-/m1/s1. The molecule has 0 spiro atoms. The summed E-state index contributed by atoms with van der Waals surface area (Å²) in [5, 5.41) is 0. The molecule has 0 unspecified atom stereocenters. The third kappa shape index (κ3) is 1.97. The highest BCUT2D eigenvalue weighted by molar-refractivity contribution is 5.75. The highest BCUT2D eigenvalue weighted by atomic mass is 16.2. The SMILES string of the molecule is CC(=O)N1[C@H](C)C[C@H](c2ccccc2)C1(C)C. The van der Waals surface area contributed by atoms with Crippen LogP contribution in [-0.4, -0.2) is 22.4 Å². The Bertz CT molecular complexity index is 410. The molecule has 1 saturated heterocycles. The van der Waals surface area contributed by atoms with Crippen LogP contribution in [0.15, 0.2) is 30.3 Å². The first-order valence-corrected chi connectivity index (χ1v) is 6.29. The average molecular weight is 231 g/mol. The van der Waals surface area contributed by atoms with Crippen LogP contribution in [-0.2, 0) is 4.79 Å². The molecule has 2 atom stereocenters. The van der Waals surface area contributed by atoms with Gasteiger partial charge in [-0.1, -0.05) is 30.3 Å². The number of hydrogen-bond acceptors (Lipinski definition) is 1. The second-order valence-corrected chi connectivity index (χ2v) is 5.59. The second-order valence-electron chi connectivity index (χ2n) is 5.59. The molecular formula is C15H21NO. The average Bonchev–Trinajstić information content (AvgIpc) is 2.49. The largest absolute Gasteiger partial charge is 0.334 e. The van der Waals surface area contributed by atoms with Gasteiger partial charge in [-0.3, -0.25) is 4.79 Å². The fourth-order valence-electron chi connectivity index (χ4n) is 3.42. The molecular weight excluding hydrogens is 210 g/mol. The first-order valence-electron chi connectivity index (χ1n) is 6.29. The number of rotatable bonds is 1. The van der Waals surface area contributed by atoms with Gasteiger partial charge < -0.3 is 4.90 Å². The van der Waals surface area contributed by atoms with Crippen molar-refractivity contribution in [2.75, 3.05) is 0 Å². The van der Waals surface area contributed by atoms with Crippen LogP contribution in [0.4, 0.5) is 0 Å². The maximum Gasteiger partial charge on any atom is 0.220 e. The van der Waals surface area contributed by atoms with Gasteiger partial charge >= 0.3 is 0 Å². The lowest BCUT2D eigenvalue weighted by Gasteiger charge is -2.37. The van der Waals surface area contributed by atoms with Gasteiger partial charge in [0.1, 0.15) is 0 Å². The maximum absolute atomic E-state index is 11.8. The number of carbonyl (C=O) groups excluding carboxylic acids is 1. The van der Waals surface area contributed by atoms with E-state index in [9.17, 15) is 4.79 Å². The van der Waals surface area contributed by atoms with Crippen molar-refractivity contribution in [1.82, 2.24) is 4.90 Å². The van der Waals surface area contributed by atoms with E-state index >= 15 is 0 Å². The molecule has 1 aromatic carbocycles. The second kappa shape index (κ2) is 4.17. The van der Waals surface area contributed by atoms with Gasteiger partial charge in [0, 0.05) is 24.4 Å². The van der Waals surface area contributed by atoms with Gasteiger partial charge in [-0.05, 0) is 32.8 Å². The Balaban J connectivity index is 2.36. The highest BCUT2D eigenvalue weighted by Gasteiger charge is 2.46. The lowest BCUT2D eigenvalue weighted by atomic mass is 9.82. The van der Waals surface area contributed by atoms with Crippen LogP contribution >= 0.6 is 0 Å². The summed E-state index contributed by atoms with van der Waals surface area (Å²) in [5.74, 6) is 0.614. The molecule has 1 aliphatic rings. The lowest BCUT2D eigenvalue weighted by Crippen LogP contribution is -2.46. The van der Waals surface area contributed by atoms with Crippen LogP contribution in [0.5, 0.6) is 0 Å². The first kappa shape index (κ1) is 12.2. The van der Waals surface area contributed by atoms with Gasteiger partial charge in [0.05, 0.1) is 0 Å². The highest BCUT2D eigenvalue weighted by Crippen LogP contribution is 2.44. The molecule has 0 aliphatic carbocycles. The van der Waals surface area contributed by atoms with Crippen LogP contribution in [0, 0.1) is 0 Å². The van der Waals surface area contributed by atoms with E-state index in [2.05, 4.69) is 45.0 Å². The summed E-state index contributed by atoms with van der Waals surface area (Å²) in [6, 6.07) is 10.9. The van der Waals surface area contributed by atoms with Gasteiger partial charge in [0.15, 0.2) is 0 Å². The van der Waals surface area contributed by atoms with Crippen LogP contribution in [0.1, 0.15) is 45.6 Å². The van der Waals surface area contributed by atoms with E-state index in [1.165, 1.54) is 5.56 Å². The zero-order valence-corrected chi connectivity index (χ0v) is 11.1. The predicted molar refractivity (Wildman–Crippen MR) is 69.9 cm³/mol. The Morgan fingerprint density at radius 3 is 2.35 bits per heavy atom. The monoisotopic (exact) mass is 231 g/mol. The van der Waals surface area contributed by atoms with Crippen molar-refractivity contribution in [2.45, 2.75) is 51.6 Å². The minimum absolute atomic E-state index is 0.0907. The van der Waals surface area contributed by atoms with E-state index in [-0.39, 0.29) is 11.4 Å². The summed E-state index contributed by atoms with van der Waals surface area (Å²) >= 11 is 0. The van der Waals surface area contributed by atoms with Crippen molar-refractivity contribution in [3.63, 3.8) is 0 Å². The van der Waals surface area contributed by atoms with E-state index in [0.29, 0.717) is 12.0 Å². The molecule has 0 bridgehead atoms. The number of benzene rings is 1. The maximum atomic E-state index is 11.8. The third-order valence-corrected chi connectivity index (χ3v) is 4.03. The van der Waals surface area contributed by atoms with Crippen molar-refractivity contribution in [1.29, 1.82) is 0 Å². The predicted octanol–water partition coefficient (Wildman–Crippen LogP) is 3.19. The Hall–Kier alpha value is -1.31. The zero-order chi connectivity index (χ0) is 12.6. The van der Waals surface area contributed by atoms with Gasteiger partial charge in [0.25, 0.3) is 0 Å². The Morgan fingerprint density at radius 1 is 1.29 bits per heavy atom. The molecule has 2 rings (SSSR count). The van der Waals surface area contributed by atoms with Gasteiger partial charge in [-0.2, -0.15) is 0 Å². The zero-order valence-electron chi connectivity index (χ0n) is 11.1. The van der Waals surface area contributed by atoms with E-state index < -0.39 is 0 Å². The Kier molecular flexibility index (Phi) is 2.98. The number of hydrogen-bond donors (Lipinski definition) is 0. The van der Waals surface area contributed by atoms with Crippen molar-refractivity contribution < 1.29 is 4.79 Å². The smallest absolute Gasteiger partial charge is 0.220 e. The molecule has 0 aromatic heterocycles. The third-order valence-electron chi connectivity index (χ3n) is 4.03. The van der Waals surface area contributed by atoms with Gasteiger partial charge in [0.2, 0.25) is 5.91 Å². The Labute approximate surface area is 104 Å². The number of likely N-dealkylation sites (tertiary alicyclic amines) is 1. The molecule has 2 heteroatoms. The topological polar surface area (TPSA) is 20.3 Å². The number of amides is 1. The van der Waals surface area contributed by atoms with E-state index in [1.807, 2.05) is 11.0 Å². The van der Waals surface area contributed by atoms with Gasteiger partial charge in [-0.15, -0.1) is 0 Å². The fraction of sp³-hybridized carbons (Fsp3) is 0.533. The van der Waals surface area contributed by atoms with Crippen LogP contribution < -0.4 is 0 Å². The molecule has 17 heavy (non-hydrogen) atoms. The van der Waals surface area contributed by atoms with Crippen molar-refractivity contribution in [3.05, 3.63) is 35.9 Å². The van der Waals surface area contributed by atoms with E-state index in [4.69, 9.17) is 0 Å². The quantitative estimate of drug-likeness (QED) is 0.727. The molecule has 1 amide bonds. The summed E-state index contributed by atoms with van der Waals surface area (Å²) in [4.78, 5) is 13.8. The van der Waals surface area contributed by atoms with Crippen molar-refractivity contribution >= 4 is 5.91 Å². The van der Waals surface area contributed by atoms with E-state index in [0.717, 1.165) is 6.42 Å². The van der Waals surface area contributed by atoms with Crippen molar-refractivity contribution in [3.8, 4) is 0 Å². The summed E-state index contributed by atoms with van der Waals surface area (Å²) in [6.07, 6.45) is 1.05. The lowest BCUT2D eigenvalue weighted by molar-refractivity contribution is -0.134. The normalized spacial score (nSPS) is 27.2. The molecule has 0 saturated carbocycles. The van der Waals surface area contributed by atoms with E-state index in [1.54, 1.807) is 6.92 Å². The number of nitrogens with zero attached hydrogens (tertiary/aromatic N) is 1. The minimum atomic E-state index is -0.0907. The molecule has 0 radical (unpaired) electrons. The van der Waals surface area contributed by atoms with Crippen LogP contribution in [0.2, 0.25) is 0 Å². The van der Waals surface area contributed by atoms with Crippen molar-refractivity contribution in [2.24, 2.45) is 0 Å². The minimum Gasteiger partial charge on any atom is -0.334 e. The molecule has 1 fully saturated rings. The summed E-state index contributed by atoms with van der Waals surface area (Å²) in [6.45, 7) is 8.17. The molecule has 92 valence electrons. The molecule has 1 heterocycles. The molecule has 0 N–H and O–H groups in total. The summed E-state index contributed by atoms with van der Waals surface area (Å²) in [7, 11) is 0. The first-order chi connectivity index (χ1) is 7.94. The fourth-order valence-corrected chi connectivity index (χ4v) is 3.42. The van der Waals surface area contributed by atoms with Crippen LogP contribution in [0.25, 0.3) is 0 Å². The summed E-state index contributed by atoms with van der Waals surface area (Å²) < 4.78 is 0.